The van der Waals surface area contributed by atoms with Crippen molar-refractivity contribution in [3.05, 3.63) is 46.3 Å². The number of likely N-dealkylation sites (tertiary alicyclic amines) is 1. The third kappa shape index (κ3) is 3.72. The second-order valence-corrected chi connectivity index (χ2v) is 8.37. The molecule has 1 aromatic heterocycles. The largest absolute Gasteiger partial charge is 0.497 e. The van der Waals surface area contributed by atoms with Crippen molar-refractivity contribution in [1.82, 2.24) is 4.90 Å². The summed E-state index contributed by atoms with van der Waals surface area (Å²) in [6, 6.07) is 9.94. The Labute approximate surface area is 163 Å². The van der Waals surface area contributed by atoms with E-state index < -0.39 is 0 Å². The van der Waals surface area contributed by atoms with E-state index in [0.717, 1.165) is 59.0 Å². The van der Waals surface area contributed by atoms with Gasteiger partial charge in [-0.15, -0.1) is 11.3 Å². The fourth-order valence-electron chi connectivity index (χ4n) is 3.66. The van der Waals surface area contributed by atoms with Crippen LogP contribution in [0.5, 0.6) is 5.75 Å². The molecule has 2 fully saturated rings. The molecule has 1 atom stereocenters. The molecular weight excluding hydrogens is 360 g/mol. The molecule has 0 radical (unpaired) electrons. The van der Waals surface area contributed by atoms with Gasteiger partial charge in [-0.05, 0) is 61.9 Å². The van der Waals surface area contributed by atoms with Crippen LogP contribution >= 0.6 is 11.3 Å². The number of rotatable bonds is 5. The third-order valence-electron chi connectivity index (χ3n) is 5.30. The molecule has 4 rings (SSSR count). The molecule has 142 valence electrons. The highest BCUT2D eigenvalue weighted by Gasteiger charge is 2.33. The first-order valence-electron chi connectivity index (χ1n) is 9.43. The number of hydrogen-bond donors (Lipinski definition) is 1. The van der Waals surface area contributed by atoms with Gasteiger partial charge in [0.1, 0.15) is 5.75 Å². The molecule has 5 nitrogen and oxygen atoms in total. The monoisotopic (exact) mass is 384 g/mol. The molecule has 2 heterocycles. The van der Waals surface area contributed by atoms with Crippen LogP contribution in [-0.2, 0) is 4.79 Å². The molecule has 1 N–H and O–H groups in total. The van der Waals surface area contributed by atoms with E-state index in [4.69, 9.17) is 4.74 Å². The molecule has 2 amide bonds. The lowest BCUT2D eigenvalue weighted by Gasteiger charge is -2.25. The van der Waals surface area contributed by atoms with Gasteiger partial charge in [0.05, 0.1) is 23.0 Å². The first kappa shape index (κ1) is 18.0. The lowest BCUT2D eigenvalue weighted by Crippen LogP contribution is -2.30. The Kier molecular flexibility index (Phi) is 4.91. The quantitative estimate of drug-likeness (QED) is 0.832. The predicted octanol–water partition coefficient (Wildman–Crippen LogP) is 4.39. The van der Waals surface area contributed by atoms with Crippen molar-refractivity contribution in [2.45, 2.75) is 38.6 Å². The first-order valence-corrected chi connectivity index (χ1v) is 10.2. The maximum absolute atomic E-state index is 13.2. The molecule has 1 unspecified atom stereocenters. The lowest BCUT2D eigenvalue weighted by molar-refractivity contribution is -0.117. The number of anilines is 1. The van der Waals surface area contributed by atoms with Crippen molar-refractivity contribution in [3.8, 4) is 5.75 Å². The predicted molar refractivity (Wildman–Crippen MR) is 106 cm³/mol. The minimum absolute atomic E-state index is 0.0507. The van der Waals surface area contributed by atoms with Gasteiger partial charge in [0.15, 0.2) is 0 Å². The van der Waals surface area contributed by atoms with Gasteiger partial charge < -0.3 is 15.0 Å². The molecule has 1 saturated carbocycles. The van der Waals surface area contributed by atoms with Crippen molar-refractivity contribution < 1.29 is 14.3 Å². The van der Waals surface area contributed by atoms with Crippen LogP contribution in [0, 0.1) is 12.8 Å². The minimum atomic E-state index is 0.0507. The van der Waals surface area contributed by atoms with Crippen molar-refractivity contribution >= 4 is 28.2 Å². The van der Waals surface area contributed by atoms with Gasteiger partial charge in [0, 0.05) is 12.5 Å². The van der Waals surface area contributed by atoms with E-state index in [1.165, 1.54) is 11.3 Å². The number of carbonyl (C=O) groups is 2. The molecule has 6 heteroatoms. The van der Waals surface area contributed by atoms with Crippen LogP contribution in [0.15, 0.2) is 30.3 Å². The van der Waals surface area contributed by atoms with Crippen LogP contribution < -0.4 is 10.1 Å². The number of methoxy groups -OCH3 is 1. The molecule has 0 bridgehead atoms. The van der Waals surface area contributed by atoms with Gasteiger partial charge in [-0.1, -0.05) is 12.1 Å². The van der Waals surface area contributed by atoms with Gasteiger partial charge in [0.2, 0.25) is 5.91 Å². The number of amides is 2. The van der Waals surface area contributed by atoms with Gasteiger partial charge in [-0.3, -0.25) is 9.59 Å². The standard InChI is InChI=1S/C21H24N2O3S/c1-13-11-18(22-20(24)14-8-9-14)27-19(13)21(25)23-10-4-7-17(23)15-5-3-6-16(12-15)26-2/h3,5-6,11-12,14,17H,4,7-10H2,1-2H3,(H,22,24). The van der Waals surface area contributed by atoms with Gasteiger partial charge in [-0.25, -0.2) is 0 Å². The summed E-state index contributed by atoms with van der Waals surface area (Å²) in [5.41, 5.74) is 2.03. The van der Waals surface area contributed by atoms with Crippen LogP contribution in [0.4, 0.5) is 5.00 Å². The van der Waals surface area contributed by atoms with Crippen molar-refractivity contribution in [2.24, 2.45) is 5.92 Å². The number of thiophene rings is 1. The molecular formula is C21H24N2O3S. The minimum Gasteiger partial charge on any atom is -0.497 e. The Morgan fingerprint density at radius 2 is 2.04 bits per heavy atom. The van der Waals surface area contributed by atoms with E-state index in [1.54, 1.807) is 7.11 Å². The highest BCUT2D eigenvalue weighted by molar-refractivity contribution is 7.18. The number of nitrogens with one attached hydrogen (secondary N) is 1. The van der Waals surface area contributed by atoms with Crippen LogP contribution in [0.1, 0.15) is 52.5 Å². The summed E-state index contributed by atoms with van der Waals surface area (Å²) in [6.07, 6.45) is 3.88. The second kappa shape index (κ2) is 7.35. The Balaban J connectivity index is 1.54. The van der Waals surface area contributed by atoms with Gasteiger partial charge in [-0.2, -0.15) is 0 Å². The summed E-state index contributed by atoms with van der Waals surface area (Å²) < 4.78 is 5.34. The van der Waals surface area contributed by atoms with Crippen LogP contribution in [0.25, 0.3) is 0 Å². The summed E-state index contributed by atoms with van der Waals surface area (Å²) in [6.45, 7) is 2.69. The van der Waals surface area contributed by atoms with Gasteiger partial charge in [0.25, 0.3) is 5.91 Å². The lowest BCUT2D eigenvalue weighted by atomic mass is 10.0. The van der Waals surface area contributed by atoms with E-state index in [2.05, 4.69) is 11.4 Å². The molecule has 1 aromatic carbocycles. The Bertz CT molecular complexity index is 872. The molecule has 27 heavy (non-hydrogen) atoms. The van der Waals surface area contributed by atoms with E-state index in [1.807, 2.05) is 36.1 Å². The zero-order valence-corrected chi connectivity index (χ0v) is 16.5. The topological polar surface area (TPSA) is 58.6 Å². The molecule has 1 saturated heterocycles. The van der Waals surface area contributed by atoms with Crippen molar-refractivity contribution in [3.63, 3.8) is 0 Å². The Morgan fingerprint density at radius 3 is 2.78 bits per heavy atom. The zero-order valence-electron chi connectivity index (χ0n) is 15.7. The van der Waals surface area contributed by atoms with Crippen molar-refractivity contribution in [1.29, 1.82) is 0 Å². The number of benzene rings is 1. The second-order valence-electron chi connectivity index (χ2n) is 7.32. The summed E-state index contributed by atoms with van der Waals surface area (Å²) in [5, 5.41) is 3.73. The molecule has 2 aliphatic rings. The van der Waals surface area contributed by atoms with Crippen LogP contribution in [-0.4, -0.2) is 30.4 Å². The SMILES string of the molecule is COc1cccc(C2CCCN2C(=O)c2sc(NC(=O)C3CC3)cc2C)c1. The van der Waals surface area contributed by atoms with E-state index in [-0.39, 0.29) is 23.8 Å². The average molecular weight is 385 g/mol. The maximum Gasteiger partial charge on any atom is 0.264 e. The Morgan fingerprint density at radius 1 is 1.22 bits per heavy atom. The van der Waals surface area contributed by atoms with Crippen molar-refractivity contribution in [2.75, 3.05) is 19.0 Å². The average Bonchev–Trinajstić information content (AvgIpc) is 3.30. The highest BCUT2D eigenvalue weighted by atomic mass is 32.1. The maximum atomic E-state index is 13.2. The normalized spacial score (nSPS) is 19.2. The molecule has 2 aromatic rings. The summed E-state index contributed by atoms with van der Waals surface area (Å²) in [4.78, 5) is 27.9. The van der Waals surface area contributed by atoms with E-state index in [0.29, 0.717) is 0 Å². The summed E-state index contributed by atoms with van der Waals surface area (Å²) >= 11 is 1.39. The number of nitrogens with zero attached hydrogens (tertiary/aromatic N) is 1. The zero-order chi connectivity index (χ0) is 19.0. The summed E-state index contributed by atoms with van der Waals surface area (Å²) in [5.74, 6) is 1.09. The van der Waals surface area contributed by atoms with Crippen LogP contribution in [0.2, 0.25) is 0 Å². The third-order valence-corrected chi connectivity index (χ3v) is 6.44. The molecule has 0 spiro atoms. The van der Waals surface area contributed by atoms with E-state index in [9.17, 15) is 9.59 Å². The molecule has 1 aliphatic heterocycles. The number of aryl methyl sites for hydroxylation is 1. The van der Waals surface area contributed by atoms with E-state index >= 15 is 0 Å². The highest BCUT2D eigenvalue weighted by Crippen LogP contribution is 2.37. The fraction of sp³-hybridized carbons (Fsp3) is 0.429. The smallest absolute Gasteiger partial charge is 0.264 e. The first-order chi connectivity index (χ1) is 13.1. The number of ether oxygens (including phenoxy) is 1. The Hall–Kier alpha value is -2.34. The molecule has 1 aliphatic carbocycles. The summed E-state index contributed by atoms with van der Waals surface area (Å²) in [7, 11) is 1.66. The number of carbonyl (C=O) groups excluding carboxylic acids is 2. The number of hydrogen-bond acceptors (Lipinski definition) is 4. The van der Waals surface area contributed by atoms with Gasteiger partial charge >= 0.3 is 0 Å². The van der Waals surface area contributed by atoms with Crippen LogP contribution in [0.3, 0.4) is 0 Å². The fourth-order valence-corrected chi connectivity index (χ4v) is 4.69.